The molecule has 0 aromatic heterocycles. The maximum absolute atomic E-state index is 12.2. The molecular formula is C14H18N2O3. The van der Waals surface area contributed by atoms with E-state index in [0.717, 1.165) is 12.0 Å². The van der Waals surface area contributed by atoms with E-state index in [-0.39, 0.29) is 18.3 Å². The predicted octanol–water partition coefficient (Wildman–Crippen LogP) is 0.975. The van der Waals surface area contributed by atoms with Gasteiger partial charge in [0.1, 0.15) is 6.04 Å². The second-order valence-corrected chi connectivity index (χ2v) is 4.69. The molecule has 1 atom stereocenters. The maximum Gasteiger partial charge on any atom is 0.328 e. The van der Waals surface area contributed by atoms with Gasteiger partial charge in [0.2, 0.25) is 5.91 Å². The highest BCUT2D eigenvalue weighted by Gasteiger charge is 2.34. The van der Waals surface area contributed by atoms with Crippen molar-refractivity contribution < 1.29 is 14.3 Å². The van der Waals surface area contributed by atoms with Gasteiger partial charge in [-0.25, -0.2) is 4.79 Å². The molecule has 0 aliphatic carbocycles. The van der Waals surface area contributed by atoms with Crippen LogP contribution < -0.4 is 5.73 Å². The van der Waals surface area contributed by atoms with Gasteiger partial charge in [-0.15, -0.1) is 0 Å². The predicted molar refractivity (Wildman–Crippen MR) is 71.3 cm³/mol. The van der Waals surface area contributed by atoms with E-state index in [1.807, 2.05) is 12.1 Å². The van der Waals surface area contributed by atoms with Crippen LogP contribution in [0.15, 0.2) is 24.3 Å². The van der Waals surface area contributed by atoms with Crippen molar-refractivity contribution >= 4 is 17.6 Å². The highest BCUT2D eigenvalue weighted by molar-refractivity contribution is 5.86. The summed E-state index contributed by atoms with van der Waals surface area (Å²) < 4.78 is 4.73. The average Bonchev–Trinajstić information content (AvgIpc) is 2.90. The summed E-state index contributed by atoms with van der Waals surface area (Å²) in [4.78, 5) is 25.4. The number of nitrogens with zero attached hydrogens (tertiary/aromatic N) is 1. The lowest BCUT2D eigenvalue weighted by atomic mass is 10.1. The standard InChI is InChI=1S/C14H18N2O3/c1-19-14(18)12-3-2-8-16(12)13(17)9-10-4-6-11(15)7-5-10/h4-7,12H,2-3,8-9,15H2,1H3. The first-order valence-electron chi connectivity index (χ1n) is 6.33. The number of nitrogen functional groups attached to an aromatic ring is 1. The van der Waals surface area contributed by atoms with Gasteiger partial charge in [-0.1, -0.05) is 12.1 Å². The molecular weight excluding hydrogens is 244 g/mol. The van der Waals surface area contributed by atoms with Crippen molar-refractivity contribution in [3.63, 3.8) is 0 Å². The number of esters is 1. The Balaban J connectivity index is 2.03. The molecule has 1 aliphatic rings. The molecule has 0 spiro atoms. The highest BCUT2D eigenvalue weighted by atomic mass is 16.5. The van der Waals surface area contributed by atoms with E-state index >= 15 is 0 Å². The van der Waals surface area contributed by atoms with Gasteiger partial charge >= 0.3 is 5.97 Å². The number of nitrogens with two attached hydrogens (primary N) is 1. The molecule has 1 amide bonds. The molecule has 102 valence electrons. The van der Waals surface area contributed by atoms with Crippen molar-refractivity contribution in [1.82, 2.24) is 4.90 Å². The zero-order valence-corrected chi connectivity index (χ0v) is 11.0. The van der Waals surface area contributed by atoms with E-state index in [1.165, 1.54) is 7.11 Å². The minimum Gasteiger partial charge on any atom is -0.467 e. The highest BCUT2D eigenvalue weighted by Crippen LogP contribution is 2.20. The number of ether oxygens (including phenoxy) is 1. The van der Waals surface area contributed by atoms with Gasteiger partial charge in [0, 0.05) is 12.2 Å². The fourth-order valence-electron chi connectivity index (χ4n) is 2.36. The van der Waals surface area contributed by atoms with Gasteiger partial charge in [0.25, 0.3) is 0 Å². The molecule has 2 rings (SSSR count). The van der Waals surface area contributed by atoms with Crippen LogP contribution >= 0.6 is 0 Å². The summed E-state index contributed by atoms with van der Waals surface area (Å²) in [6.45, 7) is 0.619. The van der Waals surface area contributed by atoms with Crippen LogP contribution in [0.3, 0.4) is 0 Å². The quantitative estimate of drug-likeness (QED) is 0.651. The molecule has 1 aromatic carbocycles. The van der Waals surface area contributed by atoms with Crippen molar-refractivity contribution in [2.24, 2.45) is 0 Å². The number of amides is 1. The van der Waals surface area contributed by atoms with Crippen molar-refractivity contribution in [2.45, 2.75) is 25.3 Å². The number of rotatable bonds is 3. The molecule has 5 heteroatoms. The van der Waals surface area contributed by atoms with Crippen molar-refractivity contribution in [2.75, 3.05) is 19.4 Å². The topological polar surface area (TPSA) is 72.6 Å². The molecule has 0 bridgehead atoms. The maximum atomic E-state index is 12.2. The average molecular weight is 262 g/mol. The molecule has 1 aromatic rings. The van der Waals surface area contributed by atoms with Crippen LogP contribution in [-0.4, -0.2) is 36.5 Å². The molecule has 1 fully saturated rings. The van der Waals surface area contributed by atoms with Gasteiger partial charge < -0.3 is 15.4 Å². The third-order valence-electron chi connectivity index (χ3n) is 3.38. The minimum absolute atomic E-state index is 0.0438. The van der Waals surface area contributed by atoms with Gasteiger partial charge in [-0.2, -0.15) is 0 Å². The number of methoxy groups -OCH3 is 1. The molecule has 1 heterocycles. The number of benzene rings is 1. The SMILES string of the molecule is COC(=O)C1CCCN1C(=O)Cc1ccc(N)cc1. The number of hydrogen-bond acceptors (Lipinski definition) is 4. The first-order valence-corrected chi connectivity index (χ1v) is 6.33. The number of anilines is 1. The molecule has 0 saturated carbocycles. The van der Waals surface area contributed by atoms with Crippen LogP contribution in [0.5, 0.6) is 0 Å². The zero-order chi connectivity index (χ0) is 13.8. The third kappa shape index (κ3) is 3.05. The van der Waals surface area contributed by atoms with Crippen LogP contribution in [0.1, 0.15) is 18.4 Å². The monoisotopic (exact) mass is 262 g/mol. The largest absolute Gasteiger partial charge is 0.467 e. The van der Waals surface area contributed by atoms with Crippen molar-refractivity contribution in [1.29, 1.82) is 0 Å². The van der Waals surface area contributed by atoms with Crippen molar-refractivity contribution in [3.8, 4) is 0 Å². The van der Waals surface area contributed by atoms with Crippen LogP contribution in [0, 0.1) is 0 Å². The summed E-state index contributed by atoms with van der Waals surface area (Å²) in [6, 6.07) is 6.77. The fourth-order valence-corrected chi connectivity index (χ4v) is 2.36. The number of hydrogen-bond donors (Lipinski definition) is 1. The summed E-state index contributed by atoms with van der Waals surface area (Å²) >= 11 is 0. The molecule has 1 saturated heterocycles. The second kappa shape index (κ2) is 5.73. The molecule has 19 heavy (non-hydrogen) atoms. The normalized spacial score (nSPS) is 18.4. The van der Waals surface area contributed by atoms with E-state index in [4.69, 9.17) is 10.5 Å². The molecule has 5 nitrogen and oxygen atoms in total. The van der Waals surface area contributed by atoms with Crippen molar-refractivity contribution in [3.05, 3.63) is 29.8 Å². The van der Waals surface area contributed by atoms with Crippen LogP contribution in [-0.2, 0) is 20.7 Å². The first-order chi connectivity index (χ1) is 9.11. The lowest BCUT2D eigenvalue weighted by Crippen LogP contribution is -2.41. The number of carbonyl (C=O) groups excluding carboxylic acids is 2. The Hall–Kier alpha value is -2.04. The Morgan fingerprint density at radius 2 is 2.05 bits per heavy atom. The molecule has 1 unspecified atom stereocenters. The van der Waals surface area contributed by atoms with Gasteiger partial charge in [-0.05, 0) is 30.5 Å². The summed E-state index contributed by atoms with van der Waals surface area (Å²) in [6.07, 6.45) is 1.81. The fraction of sp³-hybridized carbons (Fsp3) is 0.429. The van der Waals surface area contributed by atoms with Gasteiger partial charge in [-0.3, -0.25) is 4.79 Å². The van der Waals surface area contributed by atoms with Crippen LogP contribution in [0.25, 0.3) is 0 Å². The molecule has 2 N–H and O–H groups in total. The van der Waals surface area contributed by atoms with E-state index < -0.39 is 6.04 Å². The van der Waals surface area contributed by atoms with E-state index in [9.17, 15) is 9.59 Å². The molecule has 0 radical (unpaired) electrons. The first kappa shape index (κ1) is 13.4. The Morgan fingerprint density at radius 3 is 2.68 bits per heavy atom. The molecule has 1 aliphatic heterocycles. The summed E-state index contributed by atoms with van der Waals surface area (Å²) in [5.41, 5.74) is 7.17. The number of likely N-dealkylation sites (tertiary alicyclic amines) is 1. The van der Waals surface area contributed by atoms with Crippen LogP contribution in [0.2, 0.25) is 0 Å². The van der Waals surface area contributed by atoms with E-state index in [2.05, 4.69) is 0 Å². The Bertz CT molecular complexity index is 470. The van der Waals surface area contributed by atoms with Crippen LogP contribution in [0.4, 0.5) is 5.69 Å². The number of carbonyl (C=O) groups is 2. The Labute approximate surface area is 112 Å². The second-order valence-electron chi connectivity index (χ2n) is 4.69. The summed E-state index contributed by atoms with van der Waals surface area (Å²) in [5.74, 6) is -0.374. The lowest BCUT2D eigenvalue weighted by Gasteiger charge is -2.22. The Kier molecular flexibility index (Phi) is 4.04. The summed E-state index contributed by atoms with van der Waals surface area (Å²) in [7, 11) is 1.35. The van der Waals surface area contributed by atoms with Gasteiger partial charge in [0.05, 0.1) is 13.5 Å². The zero-order valence-electron chi connectivity index (χ0n) is 11.0. The minimum atomic E-state index is -0.425. The smallest absolute Gasteiger partial charge is 0.328 e. The third-order valence-corrected chi connectivity index (χ3v) is 3.38. The summed E-state index contributed by atoms with van der Waals surface area (Å²) in [5, 5.41) is 0. The lowest BCUT2D eigenvalue weighted by molar-refractivity contribution is -0.150. The van der Waals surface area contributed by atoms with E-state index in [1.54, 1.807) is 17.0 Å². The van der Waals surface area contributed by atoms with E-state index in [0.29, 0.717) is 18.7 Å². The Morgan fingerprint density at radius 1 is 1.37 bits per heavy atom. The van der Waals surface area contributed by atoms with Gasteiger partial charge in [0.15, 0.2) is 0 Å².